The monoisotopic (exact) mass is 262 g/mol. The van der Waals surface area contributed by atoms with Crippen LogP contribution in [0.3, 0.4) is 0 Å². The van der Waals surface area contributed by atoms with Crippen LogP contribution in [0.5, 0.6) is 0 Å². The fraction of sp³-hybridized carbons (Fsp3) is 0.667. The summed E-state index contributed by atoms with van der Waals surface area (Å²) in [5.41, 5.74) is 0. The van der Waals surface area contributed by atoms with Gasteiger partial charge in [0.05, 0.1) is 6.04 Å². The Morgan fingerprint density at radius 1 is 1.63 bits per heavy atom. The molecule has 1 fully saturated rings. The molecule has 0 radical (unpaired) electrons. The average Bonchev–Trinajstić information content (AvgIpc) is 2.91. The molecule has 1 aliphatic heterocycles. The quantitative estimate of drug-likeness (QED) is 0.765. The number of hydrogen-bond donors (Lipinski definition) is 0. The van der Waals surface area contributed by atoms with Crippen LogP contribution < -0.4 is 0 Å². The Morgan fingerprint density at radius 3 is 3.11 bits per heavy atom. The van der Waals surface area contributed by atoms with Crippen LogP contribution in [0, 0.1) is 12.3 Å². The molecule has 2 rings (SSSR count). The molecule has 1 aromatic heterocycles. The van der Waals surface area contributed by atoms with Crippen molar-refractivity contribution in [3.63, 3.8) is 0 Å². The Morgan fingerprint density at radius 2 is 2.47 bits per heavy atom. The topological polar surface area (TPSA) is 36.3 Å². The van der Waals surface area contributed by atoms with Crippen molar-refractivity contribution in [3.05, 3.63) is 18.2 Å². The summed E-state index contributed by atoms with van der Waals surface area (Å²) in [4.78, 5) is 4.39. The molecule has 3 atom stereocenters. The van der Waals surface area contributed by atoms with Gasteiger partial charge in [-0.2, -0.15) is 0 Å². The fourth-order valence-corrected chi connectivity index (χ4v) is 2.40. The Bertz CT molecular complexity index is 430. The highest BCUT2D eigenvalue weighted by atomic mass is 16.7. The van der Waals surface area contributed by atoms with E-state index in [0.717, 1.165) is 38.1 Å². The summed E-state index contributed by atoms with van der Waals surface area (Å²) >= 11 is 0. The largest absolute Gasteiger partial charge is 0.353 e. The highest BCUT2D eigenvalue weighted by molar-refractivity contribution is 5.06. The molecule has 1 saturated heterocycles. The molecule has 4 nitrogen and oxygen atoms in total. The maximum atomic E-state index is 5.94. The van der Waals surface area contributed by atoms with Gasteiger partial charge in [0.2, 0.25) is 0 Å². The van der Waals surface area contributed by atoms with Gasteiger partial charge in [-0.3, -0.25) is 0 Å². The predicted molar refractivity (Wildman–Crippen MR) is 73.5 cm³/mol. The summed E-state index contributed by atoms with van der Waals surface area (Å²) in [6.45, 7) is 4.86. The smallest absolute Gasteiger partial charge is 0.158 e. The molecule has 0 aliphatic carbocycles. The van der Waals surface area contributed by atoms with Crippen LogP contribution in [0.25, 0.3) is 0 Å². The van der Waals surface area contributed by atoms with E-state index in [4.69, 9.17) is 15.9 Å². The van der Waals surface area contributed by atoms with Crippen LogP contribution >= 0.6 is 0 Å². The zero-order valence-electron chi connectivity index (χ0n) is 11.7. The SMILES string of the molecule is C#C[C@@H](CC)n1ccnc1[C@H](C)OC1CCCCO1. The molecule has 0 aromatic carbocycles. The first-order valence-corrected chi connectivity index (χ1v) is 7.02. The third kappa shape index (κ3) is 3.37. The fourth-order valence-electron chi connectivity index (χ4n) is 2.40. The average molecular weight is 262 g/mol. The Balaban J connectivity index is 2.04. The van der Waals surface area contributed by atoms with Crippen molar-refractivity contribution in [2.75, 3.05) is 6.61 Å². The number of imidazole rings is 1. The van der Waals surface area contributed by atoms with Crippen molar-refractivity contribution < 1.29 is 9.47 Å². The third-order valence-electron chi connectivity index (χ3n) is 3.47. The van der Waals surface area contributed by atoms with E-state index in [1.165, 1.54) is 0 Å². The molecule has 4 heteroatoms. The predicted octanol–water partition coefficient (Wildman–Crippen LogP) is 3.07. The summed E-state index contributed by atoms with van der Waals surface area (Å²) in [5.74, 6) is 3.66. The van der Waals surface area contributed by atoms with Gasteiger partial charge in [0.25, 0.3) is 0 Å². The van der Waals surface area contributed by atoms with Crippen LogP contribution in [0.4, 0.5) is 0 Å². The molecule has 1 aromatic rings. The molecule has 0 N–H and O–H groups in total. The zero-order chi connectivity index (χ0) is 13.7. The molecule has 104 valence electrons. The van der Waals surface area contributed by atoms with E-state index in [9.17, 15) is 0 Å². The summed E-state index contributed by atoms with van der Waals surface area (Å²) < 4.78 is 13.6. The first kappa shape index (κ1) is 14.1. The highest BCUT2D eigenvalue weighted by Gasteiger charge is 2.22. The maximum Gasteiger partial charge on any atom is 0.158 e. The molecule has 2 heterocycles. The van der Waals surface area contributed by atoms with Crippen molar-refractivity contribution >= 4 is 0 Å². The summed E-state index contributed by atoms with van der Waals surface area (Å²) in [5, 5.41) is 0. The van der Waals surface area contributed by atoms with E-state index in [0.29, 0.717) is 0 Å². The van der Waals surface area contributed by atoms with E-state index in [-0.39, 0.29) is 18.4 Å². The van der Waals surface area contributed by atoms with Crippen molar-refractivity contribution in [2.24, 2.45) is 0 Å². The lowest BCUT2D eigenvalue weighted by molar-refractivity contribution is -0.188. The number of hydrogen-bond acceptors (Lipinski definition) is 3. The number of rotatable bonds is 5. The minimum absolute atomic E-state index is 0.0378. The summed E-state index contributed by atoms with van der Waals surface area (Å²) in [7, 11) is 0. The van der Waals surface area contributed by atoms with Gasteiger partial charge in [-0.05, 0) is 32.6 Å². The molecular weight excluding hydrogens is 240 g/mol. The second kappa shape index (κ2) is 6.74. The van der Waals surface area contributed by atoms with E-state index < -0.39 is 0 Å². The first-order valence-electron chi connectivity index (χ1n) is 7.02. The van der Waals surface area contributed by atoms with Gasteiger partial charge < -0.3 is 14.0 Å². The summed E-state index contributed by atoms with van der Waals surface area (Å²) in [6.07, 6.45) is 13.2. The van der Waals surface area contributed by atoms with Crippen LogP contribution in [0.15, 0.2) is 12.4 Å². The van der Waals surface area contributed by atoms with Crippen molar-refractivity contribution in [2.45, 2.75) is 58.0 Å². The first-order chi connectivity index (χ1) is 9.26. The minimum Gasteiger partial charge on any atom is -0.353 e. The van der Waals surface area contributed by atoms with Gasteiger partial charge in [-0.1, -0.05) is 12.8 Å². The maximum absolute atomic E-state index is 5.94. The van der Waals surface area contributed by atoms with Gasteiger partial charge in [-0.25, -0.2) is 4.98 Å². The van der Waals surface area contributed by atoms with Crippen molar-refractivity contribution in [1.29, 1.82) is 0 Å². The van der Waals surface area contributed by atoms with E-state index in [2.05, 4.69) is 17.8 Å². The van der Waals surface area contributed by atoms with Crippen molar-refractivity contribution in [1.82, 2.24) is 9.55 Å². The van der Waals surface area contributed by atoms with Gasteiger partial charge >= 0.3 is 0 Å². The Labute approximate surface area is 115 Å². The summed E-state index contributed by atoms with van der Waals surface area (Å²) in [6, 6.07) is 0.0378. The highest BCUT2D eigenvalue weighted by Crippen LogP contribution is 2.25. The molecule has 0 saturated carbocycles. The Kier molecular flexibility index (Phi) is 5.00. The van der Waals surface area contributed by atoms with Gasteiger partial charge in [0, 0.05) is 19.0 Å². The van der Waals surface area contributed by atoms with Crippen LogP contribution in [0.2, 0.25) is 0 Å². The number of aromatic nitrogens is 2. The number of terminal acetylenes is 1. The molecular formula is C15H22N2O2. The van der Waals surface area contributed by atoms with E-state index in [1.807, 2.05) is 17.7 Å². The van der Waals surface area contributed by atoms with Crippen LogP contribution in [0.1, 0.15) is 57.5 Å². The number of ether oxygens (including phenoxy) is 2. The normalized spacial score (nSPS) is 22.7. The van der Waals surface area contributed by atoms with Gasteiger partial charge in [0.15, 0.2) is 6.29 Å². The minimum atomic E-state index is -0.111. The van der Waals surface area contributed by atoms with Crippen LogP contribution in [-0.2, 0) is 9.47 Å². The lowest BCUT2D eigenvalue weighted by atomic mass is 10.2. The molecule has 1 aliphatic rings. The molecule has 1 unspecified atom stereocenters. The Hall–Kier alpha value is -1.31. The third-order valence-corrected chi connectivity index (χ3v) is 3.47. The van der Waals surface area contributed by atoms with Crippen molar-refractivity contribution in [3.8, 4) is 12.3 Å². The van der Waals surface area contributed by atoms with Crippen LogP contribution in [-0.4, -0.2) is 22.4 Å². The second-order valence-electron chi connectivity index (χ2n) is 4.86. The molecule has 0 bridgehead atoms. The van der Waals surface area contributed by atoms with E-state index in [1.54, 1.807) is 6.20 Å². The zero-order valence-corrected chi connectivity index (χ0v) is 11.7. The molecule has 19 heavy (non-hydrogen) atoms. The van der Waals surface area contributed by atoms with E-state index >= 15 is 0 Å². The van der Waals surface area contributed by atoms with Gasteiger partial charge in [-0.15, -0.1) is 6.42 Å². The standard InChI is InChI=1S/C15H22N2O2/c1-4-13(5-2)17-10-9-16-15(17)12(3)19-14-8-6-7-11-18-14/h1,9-10,12-14H,5-8,11H2,2-3H3/t12-,13-,14?/m0/s1. The number of nitrogens with zero attached hydrogens (tertiary/aromatic N) is 2. The van der Waals surface area contributed by atoms with Gasteiger partial charge in [0.1, 0.15) is 11.9 Å². The molecule has 0 amide bonds. The lowest BCUT2D eigenvalue weighted by Gasteiger charge is -2.26. The lowest BCUT2D eigenvalue weighted by Crippen LogP contribution is -2.25. The second-order valence-corrected chi connectivity index (χ2v) is 4.86. The molecule has 0 spiro atoms.